The van der Waals surface area contributed by atoms with Crippen molar-refractivity contribution in [2.24, 2.45) is 10.9 Å². The summed E-state index contributed by atoms with van der Waals surface area (Å²) in [7, 11) is -1.73. The fourth-order valence-corrected chi connectivity index (χ4v) is 4.69. The minimum atomic E-state index is -3.41. The molecule has 0 saturated carbocycles. The highest BCUT2D eigenvalue weighted by atomic mass is 127. The maximum absolute atomic E-state index is 12.0. The first-order valence-corrected chi connectivity index (χ1v) is 11.6. The van der Waals surface area contributed by atoms with E-state index in [1.807, 2.05) is 0 Å². The second kappa shape index (κ2) is 14.5. The molecule has 2 rings (SSSR count). The van der Waals surface area contributed by atoms with Gasteiger partial charge in [-0.2, -0.15) is 0 Å². The Balaban J connectivity index is 0.00000392. The molecule has 1 aromatic heterocycles. The summed E-state index contributed by atoms with van der Waals surface area (Å²) in [6.07, 6.45) is 3.06. The number of guanidine groups is 1. The second-order valence-electron chi connectivity index (χ2n) is 6.24. The van der Waals surface area contributed by atoms with Crippen molar-refractivity contribution in [3.63, 3.8) is 0 Å². The Morgan fingerprint density at radius 2 is 2.04 bits per heavy atom. The lowest BCUT2D eigenvalue weighted by Crippen LogP contribution is -2.41. The zero-order valence-corrected chi connectivity index (χ0v) is 20.1. The molecule has 0 aliphatic carbocycles. The van der Waals surface area contributed by atoms with Crippen molar-refractivity contribution < 1.29 is 17.9 Å². The molecule has 0 spiro atoms. The summed E-state index contributed by atoms with van der Waals surface area (Å²) in [6, 6.07) is 3.31. The van der Waals surface area contributed by atoms with Gasteiger partial charge in [0.2, 0.25) is 10.0 Å². The fourth-order valence-electron chi connectivity index (χ4n) is 2.62. The highest BCUT2D eigenvalue weighted by Gasteiger charge is 2.14. The minimum absolute atomic E-state index is 0. The van der Waals surface area contributed by atoms with Crippen LogP contribution < -0.4 is 15.4 Å². The van der Waals surface area contributed by atoms with Crippen molar-refractivity contribution in [2.75, 3.05) is 53.1 Å². The molecule has 0 aromatic carbocycles. The summed E-state index contributed by atoms with van der Waals surface area (Å²) in [5.74, 6) is 1.27. The monoisotopic (exact) mass is 546 g/mol. The number of nitrogens with one attached hydrogen (secondary N) is 3. The average Bonchev–Trinajstić information content (AvgIpc) is 3.23. The van der Waals surface area contributed by atoms with Gasteiger partial charge < -0.3 is 20.1 Å². The zero-order valence-electron chi connectivity index (χ0n) is 16.2. The van der Waals surface area contributed by atoms with Gasteiger partial charge in [0.25, 0.3) is 0 Å². The molecular weight excluding hydrogens is 515 g/mol. The van der Waals surface area contributed by atoms with Gasteiger partial charge in [-0.05, 0) is 36.6 Å². The Hall–Kier alpha value is -0.470. The summed E-state index contributed by atoms with van der Waals surface area (Å²) in [6.45, 7) is 4.69. The van der Waals surface area contributed by atoms with Crippen LogP contribution in [-0.4, -0.2) is 67.5 Å². The largest absolute Gasteiger partial charge is 0.381 e. The van der Waals surface area contributed by atoms with Crippen LogP contribution in [-0.2, 0) is 19.5 Å². The van der Waals surface area contributed by atoms with Crippen LogP contribution in [0.25, 0.3) is 0 Å². The molecule has 2 heterocycles. The van der Waals surface area contributed by atoms with Crippen LogP contribution in [0.3, 0.4) is 0 Å². The summed E-state index contributed by atoms with van der Waals surface area (Å²) in [5.41, 5.74) is 0. The van der Waals surface area contributed by atoms with Crippen molar-refractivity contribution in [1.82, 2.24) is 15.4 Å². The van der Waals surface area contributed by atoms with Gasteiger partial charge in [0.1, 0.15) is 4.21 Å². The molecule has 1 aliphatic rings. The Bertz CT molecular complexity index is 650. The molecule has 3 N–H and O–H groups in total. The van der Waals surface area contributed by atoms with Crippen molar-refractivity contribution >= 4 is 51.3 Å². The topological polar surface area (TPSA) is 101 Å². The lowest BCUT2D eigenvalue weighted by atomic mass is 10.0. The Morgan fingerprint density at radius 1 is 1.29 bits per heavy atom. The number of sulfonamides is 1. The van der Waals surface area contributed by atoms with Gasteiger partial charge in [-0.25, -0.2) is 13.1 Å². The molecular formula is C17H31IN4O4S2. The molecule has 0 bridgehead atoms. The SMILES string of the molecule is CN=C(NCCCOCC1CCOCC1)NCCNS(=O)(=O)c1cccs1.I. The van der Waals surface area contributed by atoms with Crippen LogP contribution in [0.5, 0.6) is 0 Å². The van der Waals surface area contributed by atoms with Gasteiger partial charge in [-0.15, -0.1) is 35.3 Å². The van der Waals surface area contributed by atoms with Gasteiger partial charge in [0.05, 0.1) is 0 Å². The van der Waals surface area contributed by atoms with Gasteiger partial charge >= 0.3 is 0 Å². The van der Waals surface area contributed by atoms with Crippen LogP contribution >= 0.6 is 35.3 Å². The molecule has 1 fully saturated rings. The van der Waals surface area contributed by atoms with Crippen LogP contribution in [0, 0.1) is 5.92 Å². The Labute approximate surface area is 188 Å². The number of nitrogens with zero attached hydrogens (tertiary/aromatic N) is 1. The number of halogens is 1. The Kier molecular flexibility index (Phi) is 13.2. The highest BCUT2D eigenvalue weighted by Crippen LogP contribution is 2.15. The quantitative estimate of drug-likeness (QED) is 0.169. The second-order valence-corrected chi connectivity index (χ2v) is 9.18. The minimum Gasteiger partial charge on any atom is -0.381 e. The van der Waals surface area contributed by atoms with E-state index in [0.717, 1.165) is 45.6 Å². The maximum Gasteiger partial charge on any atom is 0.250 e. The van der Waals surface area contributed by atoms with Crippen LogP contribution in [0.2, 0.25) is 0 Å². The van der Waals surface area contributed by atoms with Gasteiger partial charge in [0.15, 0.2) is 5.96 Å². The molecule has 0 radical (unpaired) electrons. The van der Waals surface area contributed by atoms with Crippen molar-refractivity contribution in [2.45, 2.75) is 23.5 Å². The van der Waals surface area contributed by atoms with Crippen LogP contribution in [0.1, 0.15) is 19.3 Å². The van der Waals surface area contributed by atoms with Gasteiger partial charge in [0, 0.05) is 53.1 Å². The first kappa shape index (κ1) is 25.6. The van der Waals surface area contributed by atoms with E-state index in [4.69, 9.17) is 9.47 Å². The van der Waals surface area contributed by atoms with E-state index >= 15 is 0 Å². The van der Waals surface area contributed by atoms with E-state index in [-0.39, 0.29) is 30.5 Å². The number of ether oxygens (including phenoxy) is 2. The van der Waals surface area contributed by atoms with E-state index in [2.05, 4.69) is 20.3 Å². The van der Waals surface area contributed by atoms with Crippen molar-refractivity contribution in [3.8, 4) is 0 Å². The summed E-state index contributed by atoms with van der Waals surface area (Å²) in [4.78, 5) is 4.13. The average molecular weight is 546 g/mol. The molecule has 162 valence electrons. The standard InChI is InChI=1S/C17H30N4O4S2.HI/c1-18-17(19-7-3-10-25-14-15-5-11-24-12-6-15)20-8-9-21-27(22,23)16-4-2-13-26-16;/h2,4,13,15,21H,3,5-12,14H2,1H3,(H2,18,19,20);1H. The van der Waals surface area contributed by atoms with Crippen molar-refractivity contribution in [1.29, 1.82) is 0 Å². The molecule has 28 heavy (non-hydrogen) atoms. The zero-order chi connectivity index (χ0) is 19.4. The van der Waals surface area contributed by atoms with Gasteiger partial charge in [-0.3, -0.25) is 4.99 Å². The third kappa shape index (κ3) is 9.83. The first-order valence-electron chi connectivity index (χ1n) is 9.25. The molecule has 8 nitrogen and oxygen atoms in total. The third-order valence-electron chi connectivity index (χ3n) is 4.15. The fraction of sp³-hybridized carbons (Fsp3) is 0.706. The van der Waals surface area contributed by atoms with Crippen LogP contribution in [0.15, 0.2) is 26.7 Å². The number of hydrogen-bond donors (Lipinski definition) is 3. The smallest absolute Gasteiger partial charge is 0.250 e. The third-order valence-corrected chi connectivity index (χ3v) is 7.00. The molecule has 1 aliphatic heterocycles. The van der Waals surface area contributed by atoms with E-state index in [0.29, 0.717) is 29.2 Å². The number of aliphatic imine (C=N–C) groups is 1. The maximum atomic E-state index is 12.0. The molecule has 1 aromatic rings. The van der Waals surface area contributed by atoms with E-state index in [1.165, 1.54) is 11.3 Å². The van der Waals surface area contributed by atoms with E-state index < -0.39 is 10.0 Å². The van der Waals surface area contributed by atoms with E-state index in [9.17, 15) is 8.42 Å². The van der Waals surface area contributed by atoms with Crippen molar-refractivity contribution in [3.05, 3.63) is 17.5 Å². The molecule has 11 heteroatoms. The summed E-state index contributed by atoms with van der Waals surface area (Å²) < 4.78 is 38.0. The Morgan fingerprint density at radius 3 is 2.71 bits per heavy atom. The summed E-state index contributed by atoms with van der Waals surface area (Å²) >= 11 is 1.20. The molecule has 0 amide bonds. The van der Waals surface area contributed by atoms with Crippen LogP contribution in [0.4, 0.5) is 0 Å². The highest BCUT2D eigenvalue weighted by molar-refractivity contribution is 14.0. The summed E-state index contributed by atoms with van der Waals surface area (Å²) in [5, 5.41) is 8.03. The number of rotatable bonds is 11. The first-order chi connectivity index (χ1) is 13.1. The lowest BCUT2D eigenvalue weighted by Gasteiger charge is -2.21. The lowest BCUT2D eigenvalue weighted by molar-refractivity contribution is 0.0203. The molecule has 0 atom stereocenters. The predicted octanol–water partition coefficient (Wildman–Crippen LogP) is 1.64. The normalized spacial score (nSPS) is 15.8. The molecule has 0 unspecified atom stereocenters. The van der Waals surface area contributed by atoms with Gasteiger partial charge in [-0.1, -0.05) is 6.07 Å². The van der Waals surface area contributed by atoms with E-state index in [1.54, 1.807) is 24.6 Å². The molecule has 1 saturated heterocycles. The number of thiophene rings is 1. The predicted molar refractivity (Wildman–Crippen MR) is 123 cm³/mol. The number of hydrogen-bond acceptors (Lipinski definition) is 6.